The van der Waals surface area contributed by atoms with Crippen molar-refractivity contribution < 1.29 is 28.2 Å². The number of hydrogen-bond donors (Lipinski definition) is 3. The van der Waals surface area contributed by atoms with E-state index in [0.717, 1.165) is 19.3 Å². The Bertz CT molecular complexity index is 334. The third-order valence-corrected chi connectivity index (χ3v) is 4.13. The smallest absolute Gasteiger partial charge is 0.415 e. The van der Waals surface area contributed by atoms with Gasteiger partial charge in [0, 0.05) is 12.6 Å². The molecule has 2 aliphatic rings. The van der Waals surface area contributed by atoms with Crippen LogP contribution in [0.2, 0.25) is 0 Å². The second kappa shape index (κ2) is 4.70. The number of alkyl halides is 3. The van der Waals surface area contributed by atoms with E-state index in [0.29, 0.717) is 0 Å². The third kappa shape index (κ3) is 2.47. The Morgan fingerprint density at radius 1 is 1.33 bits per heavy atom. The average Bonchev–Trinajstić information content (AvgIpc) is 2.83. The van der Waals surface area contributed by atoms with Crippen LogP contribution < -0.4 is 5.32 Å². The molecule has 0 radical (unpaired) electrons. The molecule has 0 aromatic heterocycles. The van der Waals surface area contributed by atoms with Crippen molar-refractivity contribution >= 4 is 5.97 Å². The van der Waals surface area contributed by atoms with Crippen LogP contribution in [0.25, 0.3) is 0 Å². The van der Waals surface area contributed by atoms with Crippen LogP contribution in [0.15, 0.2) is 0 Å². The quantitative estimate of drug-likeness (QED) is 0.710. The summed E-state index contributed by atoms with van der Waals surface area (Å²) < 4.78 is 36.5. The zero-order chi connectivity index (χ0) is 13.5. The van der Waals surface area contributed by atoms with Gasteiger partial charge in [-0.25, -0.2) is 0 Å². The van der Waals surface area contributed by atoms with E-state index in [1.807, 2.05) is 0 Å². The van der Waals surface area contributed by atoms with Gasteiger partial charge in [-0.3, -0.25) is 4.79 Å². The minimum absolute atomic E-state index is 0.0630. The summed E-state index contributed by atoms with van der Waals surface area (Å²) in [5.74, 6) is -1.39. The van der Waals surface area contributed by atoms with Crippen molar-refractivity contribution in [2.75, 3.05) is 6.54 Å². The molecule has 2 bridgehead atoms. The SMILES string of the molecule is O=C(O)C1C2CCC(C2)C1NCC(O)C(F)(F)F. The van der Waals surface area contributed by atoms with Crippen molar-refractivity contribution in [3.63, 3.8) is 0 Å². The lowest BCUT2D eigenvalue weighted by atomic mass is 9.84. The molecule has 5 unspecified atom stereocenters. The molecule has 0 amide bonds. The van der Waals surface area contributed by atoms with Crippen LogP contribution in [-0.2, 0) is 4.79 Å². The summed E-state index contributed by atoms with van der Waals surface area (Å²) in [6.45, 7) is -0.638. The monoisotopic (exact) mass is 267 g/mol. The number of aliphatic hydroxyl groups excluding tert-OH is 1. The predicted molar refractivity (Wildman–Crippen MR) is 55.8 cm³/mol. The number of rotatable bonds is 4. The molecule has 0 saturated heterocycles. The lowest BCUT2D eigenvalue weighted by Gasteiger charge is -2.30. The first-order valence-corrected chi connectivity index (χ1v) is 6.01. The van der Waals surface area contributed by atoms with Crippen LogP contribution in [0, 0.1) is 17.8 Å². The fraction of sp³-hybridized carbons (Fsp3) is 0.909. The summed E-state index contributed by atoms with van der Waals surface area (Å²) in [5.41, 5.74) is 0. The zero-order valence-corrected chi connectivity index (χ0v) is 9.65. The molecule has 0 aliphatic heterocycles. The van der Waals surface area contributed by atoms with Gasteiger partial charge in [0.2, 0.25) is 0 Å². The van der Waals surface area contributed by atoms with Crippen molar-refractivity contribution in [1.82, 2.24) is 5.32 Å². The maximum absolute atomic E-state index is 12.2. The second-order valence-corrected chi connectivity index (χ2v) is 5.19. The van der Waals surface area contributed by atoms with E-state index in [-0.39, 0.29) is 11.8 Å². The van der Waals surface area contributed by atoms with Gasteiger partial charge >= 0.3 is 12.1 Å². The molecule has 0 aromatic rings. The number of aliphatic hydroxyl groups is 1. The maximum Gasteiger partial charge on any atom is 0.415 e. The summed E-state index contributed by atoms with van der Waals surface area (Å²) >= 11 is 0. The van der Waals surface area contributed by atoms with Crippen molar-refractivity contribution in [3.8, 4) is 0 Å². The highest BCUT2D eigenvalue weighted by atomic mass is 19.4. The summed E-state index contributed by atoms with van der Waals surface area (Å²) in [6.07, 6.45) is -4.65. The minimum Gasteiger partial charge on any atom is -0.481 e. The number of halogens is 3. The summed E-state index contributed by atoms with van der Waals surface area (Å²) in [5, 5.41) is 20.6. The Morgan fingerprint density at radius 3 is 2.50 bits per heavy atom. The first kappa shape index (κ1) is 13.6. The van der Waals surface area contributed by atoms with Crippen molar-refractivity contribution in [2.45, 2.75) is 37.6 Å². The van der Waals surface area contributed by atoms with Gasteiger partial charge < -0.3 is 15.5 Å². The van der Waals surface area contributed by atoms with E-state index in [9.17, 15) is 18.0 Å². The molecule has 2 fully saturated rings. The van der Waals surface area contributed by atoms with E-state index in [1.165, 1.54) is 0 Å². The van der Waals surface area contributed by atoms with Gasteiger partial charge in [0.25, 0.3) is 0 Å². The van der Waals surface area contributed by atoms with Gasteiger partial charge in [-0.15, -0.1) is 0 Å². The maximum atomic E-state index is 12.2. The van der Waals surface area contributed by atoms with Crippen LogP contribution in [0.3, 0.4) is 0 Å². The molecule has 0 aromatic carbocycles. The number of nitrogens with one attached hydrogen (secondary N) is 1. The number of carboxylic acids is 1. The average molecular weight is 267 g/mol. The van der Waals surface area contributed by atoms with Crippen molar-refractivity contribution in [1.29, 1.82) is 0 Å². The molecule has 4 nitrogen and oxygen atoms in total. The van der Waals surface area contributed by atoms with Crippen molar-refractivity contribution in [2.24, 2.45) is 17.8 Å². The number of hydrogen-bond acceptors (Lipinski definition) is 3. The molecule has 2 aliphatic carbocycles. The van der Waals surface area contributed by atoms with Crippen molar-refractivity contribution in [3.05, 3.63) is 0 Å². The number of fused-ring (bicyclic) bond motifs is 2. The number of aliphatic carboxylic acids is 1. The Hall–Kier alpha value is -0.820. The molecule has 0 spiro atoms. The predicted octanol–water partition coefficient (Wildman–Crippen LogP) is 0.998. The molecular formula is C11H16F3NO3. The van der Waals surface area contributed by atoms with E-state index in [4.69, 9.17) is 10.2 Å². The van der Waals surface area contributed by atoms with E-state index >= 15 is 0 Å². The Kier molecular flexibility index (Phi) is 3.55. The van der Waals surface area contributed by atoms with Crippen LogP contribution in [0.1, 0.15) is 19.3 Å². The van der Waals surface area contributed by atoms with Crippen LogP contribution in [0.5, 0.6) is 0 Å². The van der Waals surface area contributed by atoms with Crippen LogP contribution >= 0.6 is 0 Å². The highest BCUT2D eigenvalue weighted by Gasteiger charge is 2.51. The first-order chi connectivity index (χ1) is 8.30. The lowest BCUT2D eigenvalue weighted by Crippen LogP contribution is -2.49. The van der Waals surface area contributed by atoms with Crippen LogP contribution in [-0.4, -0.2) is 41.0 Å². The number of carbonyl (C=O) groups is 1. The van der Waals surface area contributed by atoms with E-state index in [2.05, 4.69) is 5.32 Å². The van der Waals surface area contributed by atoms with Crippen LogP contribution in [0.4, 0.5) is 13.2 Å². The molecular weight excluding hydrogens is 251 g/mol. The molecule has 3 N–H and O–H groups in total. The molecule has 0 heterocycles. The lowest BCUT2D eigenvalue weighted by molar-refractivity contribution is -0.202. The highest BCUT2D eigenvalue weighted by Crippen LogP contribution is 2.48. The molecule has 7 heteroatoms. The Labute approximate surface area is 102 Å². The molecule has 5 atom stereocenters. The van der Waals surface area contributed by atoms with Gasteiger partial charge in [-0.05, 0) is 31.1 Å². The summed E-state index contributed by atoms with van der Waals surface area (Å²) in [7, 11) is 0. The largest absolute Gasteiger partial charge is 0.481 e. The highest BCUT2D eigenvalue weighted by molar-refractivity contribution is 5.72. The molecule has 2 saturated carbocycles. The number of carboxylic acid groups (broad SMARTS) is 1. The topological polar surface area (TPSA) is 69.6 Å². The molecule has 2 rings (SSSR count). The van der Waals surface area contributed by atoms with Gasteiger partial charge in [0.05, 0.1) is 5.92 Å². The Morgan fingerprint density at radius 2 is 1.94 bits per heavy atom. The minimum atomic E-state index is -4.66. The second-order valence-electron chi connectivity index (χ2n) is 5.19. The summed E-state index contributed by atoms with van der Waals surface area (Å²) in [4.78, 5) is 11.1. The summed E-state index contributed by atoms with van der Waals surface area (Å²) in [6, 6.07) is -0.446. The van der Waals surface area contributed by atoms with Gasteiger partial charge in [-0.2, -0.15) is 13.2 Å². The van der Waals surface area contributed by atoms with E-state index in [1.54, 1.807) is 0 Å². The Balaban J connectivity index is 1.94. The first-order valence-electron chi connectivity index (χ1n) is 6.01. The molecule has 18 heavy (non-hydrogen) atoms. The van der Waals surface area contributed by atoms with Gasteiger partial charge in [0.15, 0.2) is 6.10 Å². The molecule has 104 valence electrons. The van der Waals surface area contributed by atoms with Gasteiger partial charge in [-0.1, -0.05) is 0 Å². The van der Waals surface area contributed by atoms with E-state index < -0.39 is 36.8 Å². The fourth-order valence-electron chi connectivity index (χ4n) is 3.30. The standard InChI is InChI=1S/C11H16F3NO3/c12-11(13,14)7(16)4-15-9-6-2-1-5(3-6)8(9)10(17)18/h5-9,15-16H,1-4H2,(H,17,18). The van der Waals surface area contributed by atoms with Gasteiger partial charge in [0.1, 0.15) is 0 Å². The zero-order valence-electron chi connectivity index (χ0n) is 9.65. The normalized spacial score (nSPS) is 36.9. The third-order valence-electron chi connectivity index (χ3n) is 4.13. The fourth-order valence-corrected chi connectivity index (χ4v) is 3.30.